The van der Waals surface area contributed by atoms with Crippen molar-refractivity contribution in [2.75, 3.05) is 19.1 Å². The molecule has 146 valence electrons. The molecule has 0 radical (unpaired) electrons. The number of aliphatic imine (C=N–C) groups is 1. The summed E-state index contributed by atoms with van der Waals surface area (Å²) in [5.41, 5.74) is 0.822. The highest BCUT2D eigenvalue weighted by molar-refractivity contribution is 8.15. The van der Waals surface area contributed by atoms with Gasteiger partial charge in [-0.25, -0.2) is 4.99 Å². The largest absolute Gasteiger partial charge is 0.495 e. The summed E-state index contributed by atoms with van der Waals surface area (Å²) in [6.07, 6.45) is 1.72. The zero-order chi connectivity index (χ0) is 20.3. The molecule has 2 aromatic rings. The fraction of sp³-hybridized carbons (Fsp3) is 0.211. The van der Waals surface area contributed by atoms with E-state index in [0.717, 1.165) is 16.6 Å². The zero-order valence-electron chi connectivity index (χ0n) is 15.3. The first kappa shape index (κ1) is 20.4. The van der Waals surface area contributed by atoms with E-state index in [4.69, 9.17) is 21.1 Å². The third-order valence-corrected chi connectivity index (χ3v) is 6.01. The zero-order valence-corrected chi connectivity index (χ0v) is 17.7. The lowest BCUT2D eigenvalue weighted by Gasteiger charge is -2.20. The number of esters is 1. The quantitative estimate of drug-likeness (QED) is 0.511. The summed E-state index contributed by atoms with van der Waals surface area (Å²) >= 11 is 8.89. The number of anilines is 1. The summed E-state index contributed by atoms with van der Waals surface area (Å²) in [4.78, 5) is 31.7. The van der Waals surface area contributed by atoms with Crippen LogP contribution in [0.15, 0.2) is 46.4 Å². The molecule has 0 aliphatic carbocycles. The summed E-state index contributed by atoms with van der Waals surface area (Å²) < 4.78 is 9.96. The van der Waals surface area contributed by atoms with E-state index in [2.05, 4.69) is 4.99 Å². The Morgan fingerprint density at radius 2 is 2.14 bits per heavy atom. The molecule has 2 heterocycles. The molecule has 1 aliphatic rings. The predicted octanol–water partition coefficient (Wildman–Crippen LogP) is 4.45. The Kier molecular flexibility index (Phi) is 6.43. The number of nitrogens with zero attached hydrogens (tertiary/aromatic N) is 2. The summed E-state index contributed by atoms with van der Waals surface area (Å²) in [7, 11) is 2.84. The van der Waals surface area contributed by atoms with Crippen molar-refractivity contribution in [1.82, 2.24) is 0 Å². The molecule has 0 fully saturated rings. The van der Waals surface area contributed by atoms with Gasteiger partial charge in [0.05, 0.1) is 24.9 Å². The van der Waals surface area contributed by atoms with E-state index < -0.39 is 11.2 Å². The minimum absolute atomic E-state index is 0.286. The van der Waals surface area contributed by atoms with Crippen LogP contribution in [0.2, 0.25) is 5.02 Å². The van der Waals surface area contributed by atoms with E-state index in [9.17, 15) is 9.59 Å². The molecule has 1 amide bonds. The van der Waals surface area contributed by atoms with Crippen LogP contribution >= 0.6 is 34.7 Å². The Balaban J connectivity index is 2.00. The fourth-order valence-corrected chi connectivity index (χ4v) is 4.33. The van der Waals surface area contributed by atoms with Crippen molar-refractivity contribution in [3.05, 3.63) is 51.3 Å². The number of thiophene rings is 1. The molecular formula is C19H17ClN2O4S2. The smallest absolute Gasteiger partial charge is 0.318 e. The number of ether oxygens (including phenoxy) is 2. The number of hydrogen-bond donors (Lipinski definition) is 0. The molecule has 3 rings (SSSR count). The first-order chi connectivity index (χ1) is 13.4. The van der Waals surface area contributed by atoms with Gasteiger partial charge in [0.2, 0.25) is 0 Å². The van der Waals surface area contributed by atoms with Crippen LogP contribution in [0.25, 0.3) is 6.08 Å². The second kappa shape index (κ2) is 8.81. The van der Waals surface area contributed by atoms with E-state index in [1.54, 1.807) is 31.2 Å². The Labute approximate surface area is 175 Å². The Morgan fingerprint density at radius 1 is 1.36 bits per heavy atom. The van der Waals surface area contributed by atoms with E-state index in [0.29, 0.717) is 21.6 Å². The van der Waals surface area contributed by atoms with Crippen LogP contribution in [-0.2, 0) is 14.3 Å². The van der Waals surface area contributed by atoms with Crippen molar-refractivity contribution in [3.63, 3.8) is 0 Å². The van der Waals surface area contributed by atoms with Crippen LogP contribution in [-0.4, -0.2) is 36.5 Å². The first-order valence-corrected chi connectivity index (χ1v) is 10.3. The topological polar surface area (TPSA) is 68.2 Å². The van der Waals surface area contributed by atoms with Gasteiger partial charge in [0.25, 0.3) is 5.91 Å². The molecule has 0 bridgehead atoms. The minimum Gasteiger partial charge on any atom is -0.495 e. The van der Waals surface area contributed by atoms with Crippen molar-refractivity contribution in [2.24, 2.45) is 4.99 Å². The lowest BCUT2D eigenvalue weighted by atomic mass is 10.2. The van der Waals surface area contributed by atoms with Crippen LogP contribution < -0.4 is 9.64 Å². The molecule has 1 atom stereocenters. The Bertz CT molecular complexity index is 957. The lowest BCUT2D eigenvalue weighted by Crippen LogP contribution is -2.32. The maximum absolute atomic E-state index is 13.1. The second-order valence-corrected chi connectivity index (χ2v) is 8.38. The number of thioether (sulfide) groups is 1. The molecule has 1 unspecified atom stereocenters. The van der Waals surface area contributed by atoms with Gasteiger partial charge in [-0.2, -0.15) is 0 Å². The van der Waals surface area contributed by atoms with Gasteiger partial charge in [-0.1, -0.05) is 29.4 Å². The van der Waals surface area contributed by atoms with Gasteiger partial charge in [0, 0.05) is 4.88 Å². The van der Waals surface area contributed by atoms with Crippen LogP contribution in [0.4, 0.5) is 5.69 Å². The van der Waals surface area contributed by atoms with Gasteiger partial charge in [0.15, 0.2) is 5.17 Å². The molecule has 28 heavy (non-hydrogen) atoms. The average Bonchev–Trinajstić information content (AvgIpc) is 3.29. The molecule has 0 N–H and O–H groups in total. The van der Waals surface area contributed by atoms with Gasteiger partial charge in [-0.05, 0) is 42.6 Å². The Hall–Kier alpha value is -2.29. The molecule has 0 saturated heterocycles. The lowest BCUT2D eigenvalue weighted by molar-refractivity contribution is -0.139. The highest BCUT2D eigenvalue weighted by atomic mass is 35.5. The molecule has 9 heteroatoms. The predicted molar refractivity (Wildman–Crippen MR) is 114 cm³/mol. The van der Waals surface area contributed by atoms with Crippen molar-refractivity contribution >= 4 is 63.5 Å². The molecule has 0 spiro atoms. The second-order valence-electron chi connectivity index (χ2n) is 5.68. The van der Waals surface area contributed by atoms with Gasteiger partial charge >= 0.3 is 5.97 Å². The maximum Gasteiger partial charge on any atom is 0.318 e. The SMILES string of the molecule is COC(=O)C(C)SC1=N/C(=C\c2cccs2)C(=O)N1c1ccc(OC)c(Cl)c1. The van der Waals surface area contributed by atoms with Crippen molar-refractivity contribution in [2.45, 2.75) is 12.2 Å². The van der Waals surface area contributed by atoms with E-state index in [1.807, 2.05) is 17.5 Å². The number of amides is 1. The highest BCUT2D eigenvalue weighted by Crippen LogP contribution is 2.35. The number of methoxy groups -OCH3 is 2. The van der Waals surface area contributed by atoms with Gasteiger partial charge in [0.1, 0.15) is 16.7 Å². The monoisotopic (exact) mass is 436 g/mol. The van der Waals surface area contributed by atoms with Crippen LogP contribution in [0.1, 0.15) is 11.8 Å². The van der Waals surface area contributed by atoms with Crippen LogP contribution in [0, 0.1) is 0 Å². The standard InChI is InChI=1S/C19H17ClN2O4S2/c1-11(18(24)26-3)28-19-21-15(10-13-5-4-8-27-13)17(23)22(19)12-6-7-16(25-2)14(20)9-12/h4-11H,1-3H3/b15-10-. The average molecular weight is 437 g/mol. The van der Waals surface area contributed by atoms with Gasteiger partial charge in [-0.3, -0.25) is 14.5 Å². The van der Waals surface area contributed by atoms with Crippen LogP contribution in [0.5, 0.6) is 5.75 Å². The minimum atomic E-state index is -0.533. The number of rotatable bonds is 5. The molecule has 0 saturated carbocycles. The normalized spacial score (nSPS) is 16.3. The van der Waals surface area contributed by atoms with Gasteiger partial charge < -0.3 is 9.47 Å². The maximum atomic E-state index is 13.1. The third-order valence-electron chi connectivity index (χ3n) is 3.86. The molecule has 1 aliphatic heterocycles. The van der Waals surface area contributed by atoms with Crippen molar-refractivity contribution in [3.8, 4) is 5.75 Å². The van der Waals surface area contributed by atoms with Crippen molar-refractivity contribution < 1.29 is 19.1 Å². The van der Waals surface area contributed by atoms with Gasteiger partial charge in [-0.15, -0.1) is 11.3 Å². The van der Waals surface area contributed by atoms with E-state index >= 15 is 0 Å². The first-order valence-electron chi connectivity index (χ1n) is 8.21. The number of hydrogen-bond acceptors (Lipinski definition) is 7. The highest BCUT2D eigenvalue weighted by Gasteiger charge is 2.34. The number of carbonyl (C=O) groups is 2. The number of carbonyl (C=O) groups excluding carboxylic acids is 2. The number of amidine groups is 1. The van der Waals surface area contributed by atoms with Crippen LogP contribution in [0.3, 0.4) is 0 Å². The molecular weight excluding hydrogens is 420 g/mol. The Morgan fingerprint density at radius 3 is 2.75 bits per heavy atom. The van der Waals surface area contributed by atoms with E-state index in [-0.39, 0.29) is 11.6 Å². The molecule has 1 aromatic heterocycles. The summed E-state index contributed by atoms with van der Waals surface area (Å²) in [5.74, 6) is -0.196. The molecule has 6 nitrogen and oxygen atoms in total. The summed E-state index contributed by atoms with van der Waals surface area (Å²) in [6, 6.07) is 8.83. The van der Waals surface area contributed by atoms with Crippen molar-refractivity contribution in [1.29, 1.82) is 0 Å². The number of benzene rings is 1. The summed E-state index contributed by atoms with van der Waals surface area (Å²) in [5, 5.41) is 2.14. The summed E-state index contributed by atoms with van der Waals surface area (Å²) in [6.45, 7) is 1.70. The third kappa shape index (κ3) is 4.24. The number of halogens is 1. The fourth-order valence-electron chi connectivity index (χ4n) is 2.48. The molecule has 1 aromatic carbocycles. The van der Waals surface area contributed by atoms with E-state index in [1.165, 1.54) is 30.5 Å².